The second-order valence-electron chi connectivity index (χ2n) is 8.72. The van der Waals surface area contributed by atoms with Gasteiger partial charge >= 0.3 is 0 Å². The second-order valence-corrected chi connectivity index (χ2v) is 9.63. The number of nitrogens with zero attached hydrogens (tertiary/aromatic N) is 3. The van der Waals surface area contributed by atoms with E-state index in [2.05, 4.69) is 31.0 Å². The molecule has 3 heterocycles. The van der Waals surface area contributed by atoms with Crippen LogP contribution in [0.5, 0.6) is 23.0 Å². The molecule has 0 amide bonds. The van der Waals surface area contributed by atoms with E-state index in [1.54, 1.807) is 33.5 Å². The van der Waals surface area contributed by atoms with E-state index in [-0.39, 0.29) is 5.78 Å². The van der Waals surface area contributed by atoms with E-state index in [9.17, 15) is 4.79 Å². The number of Topliss-reactive ketones (excluding diaryl/α,β-unsaturated/α-hetero) is 1. The lowest BCUT2D eigenvalue weighted by atomic mass is 9.82. The van der Waals surface area contributed by atoms with Gasteiger partial charge in [-0.15, -0.1) is 10.2 Å². The first kappa shape index (κ1) is 23.6. The Bertz CT molecular complexity index is 1230. The number of halogens is 1. The first-order valence-corrected chi connectivity index (χ1v) is 12.1. The highest BCUT2D eigenvalue weighted by Gasteiger charge is 2.43. The van der Waals surface area contributed by atoms with Crippen LogP contribution in [0.1, 0.15) is 35.5 Å². The highest BCUT2D eigenvalue weighted by atomic mass is 79.9. The summed E-state index contributed by atoms with van der Waals surface area (Å²) in [6.07, 6.45) is 1.90. The summed E-state index contributed by atoms with van der Waals surface area (Å²) in [5.74, 6) is 3.21. The van der Waals surface area contributed by atoms with Gasteiger partial charge in [0.15, 0.2) is 17.3 Å². The third kappa shape index (κ3) is 4.60. The summed E-state index contributed by atoms with van der Waals surface area (Å²) in [4.78, 5) is 15.0. The number of rotatable bonds is 6. The van der Waals surface area contributed by atoms with E-state index in [4.69, 9.17) is 23.4 Å². The van der Waals surface area contributed by atoms with Crippen molar-refractivity contribution in [1.82, 2.24) is 15.1 Å². The van der Waals surface area contributed by atoms with Gasteiger partial charge in [0, 0.05) is 36.0 Å². The Hall–Kier alpha value is -3.11. The third-order valence-corrected chi connectivity index (χ3v) is 7.05. The molecule has 35 heavy (non-hydrogen) atoms. The second kappa shape index (κ2) is 9.50. The van der Waals surface area contributed by atoms with Gasteiger partial charge in [0.05, 0.1) is 39.9 Å². The minimum absolute atomic E-state index is 0.138. The van der Waals surface area contributed by atoms with Crippen LogP contribution in [0.2, 0.25) is 0 Å². The van der Waals surface area contributed by atoms with Gasteiger partial charge in [-0.25, -0.2) is 0 Å². The number of carbonyl (C=O) groups is 1. The first-order valence-electron chi connectivity index (χ1n) is 11.3. The monoisotopic (exact) mass is 543 g/mol. The van der Waals surface area contributed by atoms with Crippen LogP contribution in [0.25, 0.3) is 11.5 Å². The van der Waals surface area contributed by atoms with Crippen LogP contribution in [-0.4, -0.2) is 60.9 Å². The normalized spacial score (nSPS) is 17.1. The Morgan fingerprint density at radius 1 is 1.03 bits per heavy atom. The number of hydrogen-bond acceptors (Lipinski definition) is 9. The van der Waals surface area contributed by atoms with Crippen molar-refractivity contribution in [3.8, 4) is 34.5 Å². The van der Waals surface area contributed by atoms with Gasteiger partial charge in [-0.1, -0.05) is 15.9 Å². The minimum Gasteiger partial charge on any atom is -0.493 e. The fraction of sp³-hybridized carbons (Fsp3) is 0.400. The number of ketones is 1. The predicted octanol–water partition coefficient (Wildman–Crippen LogP) is 4.52. The van der Waals surface area contributed by atoms with Crippen LogP contribution in [0, 0.1) is 0 Å². The van der Waals surface area contributed by atoms with Gasteiger partial charge in [0.25, 0.3) is 0 Å². The molecular weight excluding hydrogens is 518 g/mol. The summed E-state index contributed by atoms with van der Waals surface area (Å²) < 4.78 is 29.4. The molecule has 2 aromatic carbocycles. The van der Waals surface area contributed by atoms with E-state index in [1.807, 2.05) is 18.2 Å². The number of likely N-dealkylation sites (tertiary alicyclic amines) is 1. The highest BCUT2D eigenvalue weighted by molar-refractivity contribution is 9.10. The molecule has 0 radical (unpaired) electrons. The first-order chi connectivity index (χ1) is 16.9. The standard InChI is InChI=1S/C25H26BrN3O6/c1-31-20-10-15(11-21(32-2)23(20)33-3)24-28-27-22(34-24)14-29-8-6-25(7-9-29)13-18(30)17-5-4-16(26)12-19(17)35-25/h4-5,10-12H,6-9,13-14H2,1-3H3. The van der Waals surface area contributed by atoms with E-state index in [1.165, 1.54) is 0 Å². The number of carbonyl (C=O) groups excluding carboxylic acids is 1. The zero-order valence-electron chi connectivity index (χ0n) is 19.8. The molecule has 0 unspecified atom stereocenters. The Morgan fingerprint density at radius 2 is 1.74 bits per heavy atom. The van der Waals surface area contributed by atoms with Gasteiger partial charge in [-0.3, -0.25) is 9.69 Å². The van der Waals surface area contributed by atoms with Crippen molar-refractivity contribution >= 4 is 21.7 Å². The number of methoxy groups -OCH3 is 3. The lowest BCUT2D eigenvalue weighted by Crippen LogP contribution is -2.50. The van der Waals surface area contributed by atoms with Crippen molar-refractivity contribution in [2.24, 2.45) is 0 Å². The molecule has 1 aromatic heterocycles. The van der Waals surface area contributed by atoms with Crippen LogP contribution >= 0.6 is 15.9 Å². The van der Waals surface area contributed by atoms with Gasteiger partial charge in [-0.2, -0.15) is 0 Å². The smallest absolute Gasteiger partial charge is 0.248 e. The van der Waals surface area contributed by atoms with E-state index in [0.29, 0.717) is 58.9 Å². The Kier molecular flexibility index (Phi) is 6.41. The molecule has 9 nitrogen and oxygen atoms in total. The minimum atomic E-state index is -0.461. The van der Waals surface area contributed by atoms with Crippen LogP contribution in [0.3, 0.4) is 0 Å². The van der Waals surface area contributed by atoms with E-state index in [0.717, 1.165) is 30.4 Å². The van der Waals surface area contributed by atoms with Crippen LogP contribution < -0.4 is 18.9 Å². The fourth-order valence-electron chi connectivity index (χ4n) is 4.70. The van der Waals surface area contributed by atoms with Gasteiger partial charge < -0.3 is 23.4 Å². The van der Waals surface area contributed by atoms with Gasteiger partial charge in [-0.05, 0) is 30.3 Å². The molecule has 1 saturated heterocycles. The SMILES string of the molecule is COc1cc(-c2nnc(CN3CCC4(CC3)CC(=O)c3ccc(Br)cc3O4)o2)cc(OC)c1OC. The van der Waals surface area contributed by atoms with Crippen LogP contribution in [-0.2, 0) is 6.54 Å². The summed E-state index contributed by atoms with van der Waals surface area (Å²) in [5, 5.41) is 8.45. The number of benzene rings is 2. The molecule has 0 atom stereocenters. The van der Waals surface area contributed by atoms with Crippen LogP contribution in [0.15, 0.2) is 39.2 Å². The number of fused-ring (bicyclic) bond motifs is 1. The maximum Gasteiger partial charge on any atom is 0.248 e. The molecule has 184 valence electrons. The maximum atomic E-state index is 12.7. The number of hydrogen-bond donors (Lipinski definition) is 0. The van der Waals surface area contributed by atoms with Crippen molar-refractivity contribution in [3.63, 3.8) is 0 Å². The zero-order valence-corrected chi connectivity index (χ0v) is 21.4. The number of aromatic nitrogens is 2. The molecule has 0 bridgehead atoms. The number of piperidine rings is 1. The average molecular weight is 544 g/mol. The number of ether oxygens (including phenoxy) is 4. The summed E-state index contributed by atoms with van der Waals surface area (Å²) >= 11 is 3.47. The Morgan fingerprint density at radius 3 is 2.40 bits per heavy atom. The largest absolute Gasteiger partial charge is 0.493 e. The molecule has 1 spiro atoms. The average Bonchev–Trinajstić information content (AvgIpc) is 3.32. The fourth-order valence-corrected chi connectivity index (χ4v) is 5.04. The molecule has 1 fully saturated rings. The van der Waals surface area contributed by atoms with Crippen molar-refractivity contribution in [3.05, 3.63) is 46.3 Å². The summed E-state index contributed by atoms with van der Waals surface area (Å²) in [7, 11) is 4.68. The molecular formula is C25H26BrN3O6. The lowest BCUT2D eigenvalue weighted by Gasteiger charge is -2.43. The molecule has 0 N–H and O–H groups in total. The van der Waals surface area contributed by atoms with E-state index < -0.39 is 5.60 Å². The molecule has 5 rings (SSSR count). The molecule has 10 heteroatoms. The molecule has 2 aliphatic rings. The quantitative estimate of drug-likeness (QED) is 0.444. The van der Waals surface area contributed by atoms with Crippen molar-refractivity contribution in [2.45, 2.75) is 31.4 Å². The molecule has 3 aromatic rings. The summed E-state index contributed by atoms with van der Waals surface area (Å²) in [5.41, 5.74) is 0.874. The third-order valence-electron chi connectivity index (χ3n) is 6.56. The lowest BCUT2D eigenvalue weighted by molar-refractivity contribution is -0.0123. The van der Waals surface area contributed by atoms with Gasteiger partial charge in [0.1, 0.15) is 11.4 Å². The molecule has 2 aliphatic heterocycles. The van der Waals surface area contributed by atoms with Crippen molar-refractivity contribution in [2.75, 3.05) is 34.4 Å². The maximum absolute atomic E-state index is 12.7. The predicted molar refractivity (Wildman–Crippen MR) is 130 cm³/mol. The van der Waals surface area contributed by atoms with Crippen LogP contribution in [0.4, 0.5) is 0 Å². The highest BCUT2D eigenvalue weighted by Crippen LogP contribution is 2.42. The Balaban J connectivity index is 1.26. The topological polar surface area (TPSA) is 96.2 Å². The molecule has 0 saturated carbocycles. The van der Waals surface area contributed by atoms with Crippen molar-refractivity contribution in [1.29, 1.82) is 0 Å². The Labute approximate surface area is 211 Å². The zero-order chi connectivity index (χ0) is 24.6. The summed E-state index contributed by atoms with van der Waals surface area (Å²) in [6, 6.07) is 9.12. The summed E-state index contributed by atoms with van der Waals surface area (Å²) in [6.45, 7) is 2.04. The van der Waals surface area contributed by atoms with Gasteiger partial charge in [0.2, 0.25) is 17.5 Å². The van der Waals surface area contributed by atoms with E-state index >= 15 is 0 Å². The molecule has 0 aliphatic carbocycles. The van der Waals surface area contributed by atoms with Crippen molar-refractivity contribution < 1.29 is 28.2 Å².